The van der Waals surface area contributed by atoms with Crippen molar-refractivity contribution in [3.63, 3.8) is 0 Å². The van der Waals surface area contributed by atoms with Gasteiger partial charge in [0.1, 0.15) is 5.82 Å². The summed E-state index contributed by atoms with van der Waals surface area (Å²) in [6, 6.07) is 4.10. The van der Waals surface area contributed by atoms with E-state index >= 15 is 0 Å². The second kappa shape index (κ2) is 6.44. The van der Waals surface area contributed by atoms with Crippen LogP contribution in [0.1, 0.15) is 18.9 Å². The quantitative estimate of drug-likeness (QED) is 0.813. The van der Waals surface area contributed by atoms with Crippen molar-refractivity contribution in [2.75, 3.05) is 11.9 Å². The Hall–Kier alpha value is -1.49. The Morgan fingerprint density at radius 1 is 1.44 bits per heavy atom. The van der Waals surface area contributed by atoms with Crippen LogP contribution in [0.15, 0.2) is 35.6 Å². The lowest BCUT2D eigenvalue weighted by Gasteiger charge is -2.09. The molecule has 0 atom stereocenters. The summed E-state index contributed by atoms with van der Waals surface area (Å²) in [6.07, 6.45) is 6.85. The molecular formula is C13H18N4S. The smallest absolute Gasteiger partial charge is 0.129 e. The number of nitrogens with one attached hydrogen (secondary N) is 1. The second-order valence-corrected chi connectivity index (χ2v) is 5.13. The first kappa shape index (κ1) is 13.0. The molecule has 2 aromatic heterocycles. The summed E-state index contributed by atoms with van der Waals surface area (Å²) in [5, 5.41) is 7.52. The van der Waals surface area contributed by atoms with Gasteiger partial charge in [-0.3, -0.25) is 4.68 Å². The normalized spacial score (nSPS) is 10.6. The average Bonchev–Trinajstić information content (AvgIpc) is 2.81. The standard InChI is InChI=1S/C13H18N4S/c1-3-6-14-13-11(5-4-7-15-13)10-18-12-8-16-17(2)9-12/h4-5,7-9H,3,6,10H2,1-2H3,(H,14,15). The number of aryl methyl sites for hydroxylation is 1. The summed E-state index contributed by atoms with van der Waals surface area (Å²) >= 11 is 1.78. The highest BCUT2D eigenvalue weighted by atomic mass is 32.2. The first-order chi connectivity index (χ1) is 8.79. The van der Waals surface area contributed by atoms with Crippen LogP contribution in [0.25, 0.3) is 0 Å². The van der Waals surface area contributed by atoms with Crippen molar-refractivity contribution in [3.05, 3.63) is 36.3 Å². The van der Waals surface area contributed by atoms with E-state index in [1.807, 2.05) is 36.4 Å². The molecule has 5 heteroatoms. The van der Waals surface area contributed by atoms with Crippen LogP contribution in [0.2, 0.25) is 0 Å². The molecule has 0 aromatic carbocycles. The molecule has 1 N–H and O–H groups in total. The second-order valence-electron chi connectivity index (χ2n) is 4.08. The van der Waals surface area contributed by atoms with Crippen LogP contribution < -0.4 is 5.32 Å². The van der Waals surface area contributed by atoms with Crippen LogP contribution in [-0.2, 0) is 12.8 Å². The zero-order valence-electron chi connectivity index (χ0n) is 10.8. The monoisotopic (exact) mass is 262 g/mol. The van der Waals surface area contributed by atoms with Crippen molar-refractivity contribution in [1.29, 1.82) is 0 Å². The number of aromatic nitrogens is 3. The highest BCUT2D eigenvalue weighted by Gasteiger charge is 2.04. The number of thioether (sulfide) groups is 1. The molecule has 0 bridgehead atoms. The Labute approximate surface area is 112 Å². The van der Waals surface area contributed by atoms with Crippen molar-refractivity contribution >= 4 is 17.6 Å². The highest BCUT2D eigenvalue weighted by molar-refractivity contribution is 7.98. The van der Waals surface area contributed by atoms with Crippen LogP contribution in [-0.4, -0.2) is 21.3 Å². The lowest BCUT2D eigenvalue weighted by atomic mass is 10.3. The van der Waals surface area contributed by atoms with Crippen molar-refractivity contribution < 1.29 is 0 Å². The summed E-state index contributed by atoms with van der Waals surface area (Å²) in [7, 11) is 1.93. The molecule has 18 heavy (non-hydrogen) atoms. The Bertz CT molecular complexity index is 495. The van der Waals surface area contributed by atoms with E-state index in [4.69, 9.17) is 0 Å². The number of hydrogen-bond donors (Lipinski definition) is 1. The number of nitrogens with zero attached hydrogens (tertiary/aromatic N) is 3. The molecule has 2 rings (SSSR count). The third kappa shape index (κ3) is 3.50. The molecule has 0 aliphatic heterocycles. The molecule has 0 unspecified atom stereocenters. The lowest BCUT2D eigenvalue weighted by molar-refractivity contribution is 0.766. The number of pyridine rings is 1. The third-order valence-electron chi connectivity index (χ3n) is 2.51. The van der Waals surface area contributed by atoms with Gasteiger partial charge in [-0.1, -0.05) is 13.0 Å². The van der Waals surface area contributed by atoms with E-state index < -0.39 is 0 Å². The molecule has 0 aliphatic carbocycles. The number of hydrogen-bond acceptors (Lipinski definition) is 4. The Morgan fingerprint density at radius 3 is 3.06 bits per heavy atom. The highest BCUT2D eigenvalue weighted by Crippen LogP contribution is 2.24. The predicted molar refractivity (Wildman–Crippen MR) is 75.8 cm³/mol. The molecule has 0 amide bonds. The van der Waals surface area contributed by atoms with Gasteiger partial charge in [0.2, 0.25) is 0 Å². The predicted octanol–water partition coefficient (Wildman–Crippen LogP) is 2.93. The molecule has 0 radical (unpaired) electrons. The van der Waals surface area contributed by atoms with E-state index in [0.29, 0.717) is 0 Å². The minimum Gasteiger partial charge on any atom is -0.370 e. The van der Waals surface area contributed by atoms with Crippen LogP contribution in [0.3, 0.4) is 0 Å². The zero-order valence-corrected chi connectivity index (χ0v) is 11.6. The van der Waals surface area contributed by atoms with Gasteiger partial charge in [0.15, 0.2) is 0 Å². The molecule has 0 aliphatic rings. The molecule has 0 saturated carbocycles. The van der Waals surface area contributed by atoms with E-state index in [1.165, 1.54) is 10.5 Å². The number of rotatable bonds is 6. The maximum atomic E-state index is 4.39. The van der Waals surface area contributed by atoms with E-state index in [9.17, 15) is 0 Å². The van der Waals surface area contributed by atoms with Crippen molar-refractivity contribution in [3.8, 4) is 0 Å². The molecular weight excluding hydrogens is 244 g/mol. The Balaban J connectivity index is 1.99. The maximum absolute atomic E-state index is 4.39. The fraction of sp³-hybridized carbons (Fsp3) is 0.385. The molecule has 2 aromatic rings. The van der Waals surface area contributed by atoms with Crippen molar-refractivity contribution in [2.45, 2.75) is 24.0 Å². The largest absolute Gasteiger partial charge is 0.370 e. The molecule has 0 saturated heterocycles. The fourth-order valence-electron chi connectivity index (χ4n) is 1.59. The van der Waals surface area contributed by atoms with Gasteiger partial charge in [-0.15, -0.1) is 11.8 Å². The van der Waals surface area contributed by atoms with Crippen molar-refractivity contribution in [2.24, 2.45) is 7.05 Å². The molecule has 0 spiro atoms. The first-order valence-electron chi connectivity index (χ1n) is 6.09. The van der Waals surface area contributed by atoms with E-state index in [1.54, 1.807) is 11.8 Å². The van der Waals surface area contributed by atoms with Gasteiger partial charge in [-0.2, -0.15) is 5.10 Å². The summed E-state index contributed by atoms with van der Waals surface area (Å²) in [4.78, 5) is 5.57. The van der Waals surface area contributed by atoms with Crippen LogP contribution in [0, 0.1) is 0 Å². The van der Waals surface area contributed by atoms with Gasteiger partial charge in [0.05, 0.1) is 6.20 Å². The molecule has 0 fully saturated rings. The van der Waals surface area contributed by atoms with Gasteiger partial charge in [0.25, 0.3) is 0 Å². The van der Waals surface area contributed by atoms with Crippen LogP contribution in [0.5, 0.6) is 0 Å². The fourth-order valence-corrected chi connectivity index (χ4v) is 2.50. The zero-order chi connectivity index (χ0) is 12.8. The lowest BCUT2D eigenvalue weighted by Crippen LogP contribution is -2.04. The Kier molecular flexibility index (Phi) is 4.64. The minimum absolute atomic E-state index is 0.908. The van der Waals surface area contributed by atoms with Crippen molar-refractivity contribution in [1.82, 2.24) is 14.8 Å². The number of anilines is 1. The van der Waals surface area contributed by atoms with Gasteiger partial charge in [-0.05, 0) is 12.5 Å². The van der Waals surface area contributed by atoms with Gasteiger partial charge >= 0.3 is 0 Å². The summed E-state index contributed by atoms with van der Waals surface area (Å²) < 4.78 is 1.82. The Morgan fingerprint density at radius 2 is 2.33 bits per heavy atom. The minimum atomic E-state index is 0.908. The van der Waals surface area contributed by atoms with E-state index in [2.05, 4.69) is 28.4 Å². The molecule has 4 nitrogen and oxygen atoms in total. The molecule has 2 heterocycles. The van der Waals surface area contributed by atoms with Gasteiger partial charge in [0, 0.05) is 42.2 Å². The van der Waals surface area contributed by atoms with Crippen LogP contribution >= 0.6 is 11.8 Å². The first-order valence-corrected chi connectivity index (χ1v) is 7.07. The third-order valence-corrected chi connectivity index (χ3v) is 3.51. The van der Waals surface area contributed by atoms with E-state index in [-0.39, 0.29) is 0 Å². The topological polar surface area (TPSA) is 42.7 Å². The SMILES string of the molecule is CCCNc1ncccc1CSc1cnn(C)c1. The summed E-state index contributed by atoms with van der Waals surface area (Å²) in [5.41, 5.74) is 1.24. The van der Waals surface area contributed by atoms with E-state index in [0.717, 1.165) is 24.5 Å². The summed E-state index contributed by atoms with van der Waals surface area (Å²) in [5.74, 6) is 1.90. The summed E-state index contributed by atoms with van der Waals surface area (Å²) in [6.45, 7) is 3.11. The average molecular weight is 262 g/mol. The van der Waals surface area contributed by atoms with Gasteiger partial charge < -0.3 is 5.32 Å². The maximum Gasteiger partial charge on any atom is 0.129 e. The molecule has 96 valence electrons. The van der Waals surface area contributed by atoms with Crippen LogP contribution in [0.4, 0.5) is 5.82 Å². The van der Waals surface area contributed by atoms with Gasteiger partial charge in [-0.25, -0.2) is 4.98 Å².